The Morgan fingerprint density at radius 3 is 2.68 bits per heavy atom. The highest BCUT2D eigenvalue weighted by Crippen LogP contribution is 2.24. The van der Waals surface area contributed by atoms with Gasteiger partial charge in [-0.1, -0.05) is 22.9 Å². The van der Waals surface area contributed by atoms with Crippen LogP contribution in [0.1, 0.15) is 6.92 Å². The molecule has 106 valence electrons. The Balaban J connectivity index is 2.33. The molecule has 0 aliphatic rings. The highest BCUT2D eigenvalue weighted by Gasteiger charge is 2.10. The Labute approximate surface area is 126 Å². The number of likely N-dealkylation sites (N-methyl/N-ethyl adjacent to an activating group) is 1. The van der Waals surface area contributed by atoms with Crippen molar-refractivity contribution in [1.29, 1.82) is 0 Å². The maximum absolute atomic E-state index is 11.6. The number of benzene rings is 1. The van der Waals surface area contributed by atoms with Gasteiger partial charge >= 0.3 is 6.03 Å². The Hall–Kier alpha value is -0.720. The van der Waals surface area contributed by atoms with Crippen LogP contribution in [0.4, 0.5) is 4.79 Å². The van der Waals surface area contributed by atoms with E-state index in [1.54, 1.807) is 18.8 Å². The number of urea groups is 1. The molecule has 0 aromatic heterocycles. The van der Waals surface area contributed by atoms with Gasteiger partial charge in [0.25, 0.3) is 0 Å². The van der Waals surface area contributed by atoms with Crippen LogP contribution in [0.5, 0.6) is 0 Å². The number of carbonyl (C=O) groups is 1. The summed E-state index contributed by atoms with van der Waals surface area (Å²) in [6.45, 7) is 2.99. The molecule has 4 nitrogen and oxygen atoms in total. The second kappa shape index (κ2) is 8.45. The minimum atomic E-state index is -0.155. The van der Waals surface area contributed by atoms with Gasteiger partial charge in [0.2, 0.25) is 0 Å². The largest absolute Gasteiger partial charge is 0.395 e. The first-order valence-corrected chi connectivity index (χ1v) is 7.72. The first-order chi connectivity index (χ1) is 9.02. The molecule has 1 aromatic rings. The average Bonchev–Trinajstić information content (AvgIpc) is 2.39. The molecule has 0 heterocycles. The van der Waals surface area contributed by atoms with Crippen molar-refractivity contribution < 1.29 is 9.90 Å². The van der Waals surface area contributed by atoms with Crippen LogP contribution in [0.15, 0.2) is 33.6 Å². The molecule has 1 rings (SSSR count). The summed E-state index contributed by atoms with van der Waals surface area (Å²) in [7, 11) is 1.66. The Morgan fingerprint density at radius 1 is 1.47 bits per heavy atom. The number of nitrogens with one attached hydrogen (secondary N) is 1. The third kappa shape index (κ3) is 6.31. The topological polar surface area (TPSA) is 52.6 Å². The minimum Gasteiger partial charge on any atom is -0.395 e. The molecule has 0 unspecified atom stereocenters. The van der Waals surface area contributed by atoms with Crippen LogP contribution in [0.3, 0.4) is 0 Å². The quantitative estimate of drug-likeness (QED) is 0.778. The average molecular weight is 347 g/mol. The highest BCUT2D eigenvalue weighted by atomic mass is 79.9. The lowest BCUT2D eigenvalue weighted by atomic mass is 10.4. The van der Waals surface area contributed by atoms with Crippen LogP contribution < -0.4 is 5.32 Å². The molecule has 19 heavy (non-hydrogen) atoms. The zero-order chi connectivity index (χ0) is 14.3. The van der Waals surface area contributed by atoms with Crippen LogP contribution in [0.25, 0.3) is 0 Å². The number of aliphatic hydroxyl groups excluding tert-OH is 1. The zero-order valence-electron chi connectivity index (χ0n) is 11.1. The zero-order valence-corrected chi connectivity index (χ0v) is 13.5. The fourth-order valence-corrected chi connectivity index (χ4v) is 2.59. The van der Waals surface area contributed by atoms with E-state index in [-0.39, 0.29) is 17.9 Å². The van der Waals surface area contributed by atoms with Crippen molar-refractivity contribution in [3.05, 3.63) is 28.7 Å². The van der Waals surface area contributed by atoms with E-state index in [1.807, 2.05) is 24.3 Å². The minimum absolute atomic E-state index is 0.0207. The van der Waals surface area contributed by atoms with E-state index in [9.17, 15) is 4.79 Å². The molecule has 0 saturated heterocycles. The van der Waals surface area contributed by atoms with E-state index in [1.165, 1.54) is 9.80 Å². The third-order valence-electron chi connectivity index (χ3n) is 2.47. The number of amides is 2. The molecule has 0 bridgehead atoms. The lowest BCUT2D eigenvalue weighted by molar-refractivity contribution is 0.190. The molecular formula is C13H19BrN2O2S. The number of rotatable bonds is 6. The highest BCUT2D eigenvalue weighted by molar-refractivity contribution is 9.10. The summed E-state index contributed by atoms with van der Waals surface area (Å²) in [4.78, 5) is 14.3. The maximum Gasteiger partial charge on any atom is 0.317 e. The summed E-state index contributed by atoms with van der Waals surface area (Å²) >= 11 is 5.12. The van der Waals surface area contributed by atoms with Gasteiger partial charge in [-0.3, -0.25) is 0 Å². The molecule has 0 radical (unpaired) electrons. The molecule has 0 aliphatic carbocycles. The molecular weight excluding hydrogens is 328 g/mol. The number of carbonyl (C=O) groups excluding carboxylic acids is 1. The van der Waals surface area contributed by atoms with Crippen molar-refractivity contribution >= 4 is 33.7 Å². The van der Waals surface area contributed by atoms with E-state index in [4.69, 9.17) is 5.11 Å². The van der Waals surface area contributed by atoms with Crippen molar-refractivity contribution in [3.8, 4) is 0 Å². The molecule has 0 fully saturated rings. The molecule has 0 saturated carbocycles. The summed E-state index contributed by atoms with van der Waals surface area (Å²) in [5, 5.41) is 11.9. The second-order valence-electron chi connectivity index (χ2n) is 4.21. The first kappa shape index (κ1) is 16.3. The van der Waals surface area contributed by atoms with Gasteiger partial charge < -0.3 is 15.3 Å². The van der Waals surface area contributed by atoms with Gasteiger partial charge in [0.1, 0.15) is 0 Å². The van der Waals surface area contributed by atoms with Crippen LogP contribution in [0, 0.1) is 0 Å². The summed E-state index contributed by atoms with van der Waals surface area (Å²) in [6, 6.07) is 7.94. The molecule has 6 heteroatoms. The van der Waals surface area contributed by atoms with Gasteiger partial charge in [-0.15, -0.1) is 11.8 Å². The Morgan fingerprint density at radius 2 is 2.11 bits per heavy atom. The van der Waals surface area contributed by atoms with Gasteiger partial charge in [0.05, 0.1) is 6.61 Å². The number of halogens is 1. The number of hydrogen-bond donors (Lipinski definition) is 2. The lowest BCUT2D eigenvalue weighted by Crippen LogP contribution is -2.40. The standard InChI is InChI=1S/C13H19BrN2O2S/c1-10(9-15-13(18)16(2)7-8-17)19-12-5-3-11(14)4-6-12/h3-6,10,17H,7-9H2,1-2H3,(H,15,18)/t10-/m0/s1. The maximum atomic E-state index is 11.6. The summed E-state index contributed by atoms with van der Waals surface area (Å²) in [5.74, 6) is 0. The smallest absolute Gasteiger partial charge is 0.317 e. The van der Waals surface area contributed by atoms with Crippen LogP contribution in [0.2, 0.25) is 0 Å². The predicted molar refractivity (Wildman–Crippen MR) is 82.6 cm³/mol. The van der Waals surface area contributed by atoms with Crippen molar-refractivity contribution in [3.63, 3.8) is 0 Å². The van der Waals surface area contributed by atoms with Crippen molar-refractivity contribution in [1.82, 2.24) is 10.2 Å². The van der Waals surface area contributed by atoms with Crippen LogP contribution >= 0.6 is 27.7 Å². The Bertz CT molecular complexity index is 400. The summed E-state index contributed by atoms with van der Waals surface area (Å²) in [5.41, 5.74) is 0. The van der Waals surface area contributed by atoms with Crippen LogP contribution in [-0.4, -0.2) is 48.0 Å². The molecule has 2 amide bonds. The lowest BCUT2D eigenvalue weighted by Gasteiger charge is -2.18. The van der Waals surface area contributed by atoms with Gasteiger partial charge in [-0.25, -0.2) is 4.79 Å². The fourth-order valence-electron chi connectivity index (χ4n) is 1.40. The van der Waals surface area contributed by atoms with Gasteiger partial charge in [-0.05, 0) is 24.3 Å². The van der Waals surface area contributed by atoms with E-state index >= 15 is 0 Å². The third-order valence-corrected chi connectivity index (χ3v) is 4.12. The number of nitrogens with zero attached hydrogens (tertiary/aromatic N) is 1. The predicted octanol–water partition coefficient (Wildman–Crippen LogP) is 2.56. The molecule has 1 atom stereocenters. The van der Waals surface area contributed by atoms with Crippen molar-refractivity contribution in [2.24, 2.45) is 0 Å². The van der Waals surface area contributed by atoms with Gasteiger partial charge in [0.15, 0.2) is 0 Å². The van der Waals surface area contributed by atoms with Crippen molar-refractivity contribution in [2.75, 3.05) is 26.7 Å². The Kier molecular flexibility index (Phi) is 7.27. The fraction of sp³-hybridized carbons (Fsp3) is 0.462. The van der Waals surface area contributed by atoms with E-state index in [0.29, 0.717) is 13.1 Å². The SMILES string of the molecule is C[C@@H](CNC(=O)N(C)CCO)Sc1ccc(Br)cc1. The van der Waals surface area contributed by atoms with E-state index in [0.717, 1.165) is 4.47 Å². The van der Waals surface area contributed by atoms with Crippen molar-refractivity contribution in [2.45, 2.75) is 17.1 Å². The molecule has 2 N–H and O–H groups in total. The first-order valence-electron chi connectivity index (χ1n) is 6.05. The number of aliphatic hydroxyl groups is 1. The van der Waals surface area contributed by atoms with Gasteiger partial charge in [0, 0.05) is 34.8 Å². The summed E-state index contributed by atoms with van der Waals surface area (Å²) in [6.07, 6.45) is 0. The molecule has 0 spiro atoms. The molecule has 1 aromatic carbocycles. The monoisotopic (exact) mass is 346 g/mol. The van der Waals surface area contributed by atoms with E-state index in [2.05, 4.69) is 28.2 Å². The molecule has 0 aliphatic heterocycles. The van der Waals surface area contributed by atoms with Gasteiger partial charge in [-0.2, -0.15) is 0 Å². The summed E-state index contributed by atoms with van der Waals surface area (Å²) < 4.78 is 1.06. The van der Waals surface area contributed by atoms with E-state index < -0.39 is 0 Å². The normalized spacial score (nSPS) is 12.0. The van der Waals surface area contributed by atoms with Crippen LogP contribution in [-0.2, 0) is 0 Å². The number of thioether (sulfide) groups is 1. The second-order valence-corrected chi connectivity index (χ2v) is 6.64. The number of hydrogen-bond acceptors (Lipinski definition) is 3.